The van der Waals surface area contributed by atoms with Crippen molar-refractivity contribution in [1.29, 1.82) is 0 Å². The molecular formula is C21H22N4O. The van der Waals surface area contributed by atoms with Crippen molar-refractivity contribution >= 4 is 23.1 Å². The number of aryl methyl sites for hydroxylation is 1. The number of nitrogens with zero attached hydrogens (tertiary/aromatic N) is 3. The van der Waals surface area contributed by atoms with Crippen LogP contribution >= 0.6 is 0 Å². The second kappa shape index (κ2) is 7.04. The van der Waals surface area contributed by atoms with Gasteiger partial charge in [0.1, 0.15) is 11.6 Å². The van der Waals surface area contributed by atoms with Gasteiger partial charge in [0.2, 0.25) is 5.95 Å². The summed E-state index contributed by atoms with van der Waals surface area (Å²) < 4.78 is 5.70. The lowest BCUT2D eigenvalue weighted by Crippen LogP contribution is -2.17. The summed E-state index contributed by atoms with van der Waals surface area (Å²) in [5.74, 6) is 2.31. The Balaban J connectivity index is 1.66. The monoisotopic (exact) mass is 346 g/mol. The van der Waals surface area contributed by atoms with Crippen molar-refractivity contribution in [3.8, 4) is 5.75 Å². The number of para-hydroxylation sites is 3. The van der Waals surface area contributed by atoms with Crippen LogP contribution in [-0.2, 0) is 6.42 Å². The van der Waals surface area contributed by atoms with Gasteiger partial charge in [-0.3, -0.25) is 0 Å². The number of hydrogen-bond donors (Lipinski definition) is 1. The van der Waals surface area contributed by atoms with Crippen LogP contribution in [0.15, 0.2) is 54.6 Å². The molecule has 1 N–H and O–H groups in total. The summed E-state index contributed by atoms with van der Waals surface area (Å²) in [7, 11) is 0. The number of hydrogen-bond acceptors (Lipinski definition) is 5. The summed E-state index contributed by atoms with van der Waals surface area (Å²) in [6.45, 7) is 5.50. The molecule has 132 valence electrons. The molecule has 0 aliphatic carbocycles. The highest BCUT2D eigenvalue weighted by Gasteiger charge is 2.22. The van der Waals surface area contributed by atoms with Crippen LogP contribution in [0.5, 0.6) is 5.75 Å². The maximum atomic E-state index is 5.70. The summed E-state index contributed by atoms with van der Waals surface area (Å²) in [5, 5.41) is 3.38. The lowest BCUT2D eigenvalue weighted by molar-refractivity contribution is 0.342. The van der Waals surface area contributed by atoms with E-state index in [9.17, 15) is 0 Å². The Hall–Kier alpha value is -3.08. The standard InChI is InChI=1S/C21H22N4O/c1-3-26-19-11-7-5-9-17(19)23-20-14-15(2)22-21(24-20)25-13-12-16-8-4-6-10-18(16)25/h4-11,14H,3,12-13H2,1-2H3,(H,22,23,24). The molecule has 0 radical (unpaired) electrons. The second-order valence-electron chi connectivity index (χ2n) is 6.28. The van der Waals surface area contributed by atoms with Crippen LogP contribution in [0.25, 0.3) is 0 Å². The molecule has 0 saturated carbocycles. The predicted octanol–water partition coefficient (Wildman–Crippen LogP) is 4.62. The van der Waals surface area contributed by atoms with E-state index in [1.165, 1.54) is 11.3 Å². The number of anilines is 4. The van der Waals surface area contributed by atoms with Gasteiger partial charge in [0.25, 0.3) is 0 Å². The van der Waals surface area contributed by atoms with Crippen LogP contribution < -0.4 is 15.0 Å². The zero-order valence-corrected chi connectivity index (χ0v) is 15.1. The summed E-state index contributed by atoms with van der Waals surface area (Å²) in [6.07, 6.45) is 1.02. The Kier molecular flexibility index (Phi) is 4.44. The summed E-state index contributed by atoms with van der Waals surface area (Å²) in [4.78, 5) is 11.6. The first kappa shape index (κ1) is 16.4. The molecule has 1 aromatic heterocycles. The summed E-state index contributed by atoms with van der Waals surface area (Å²) >= 11 is 0. The third-order valence-electron chi connectivity index (χ3n) is 4.42. The molecule has 1 aliphatic rings. The first-order valence-corrected chi connectivity index (χ1v) is 8.94. The quantitative estimate of drug-likeness (QED) is 0.730. The van der Waals surface area contributed by atoms with Crippen molar-refractivity contribution < 1.29 is 4.74 Å². The Morgan fingerprint density at radius 3 is 2.77 bits per heavy atom. The molecule has 3 aromatic rings. The van der Waals surface area contributed by atoms with Crippen molar-refractivity contribution in [2.24, 2.45) is 0 Å². The highest BCUT2D eigenvalue weighted by atomic mass is 16.5. The highest BCUT2D eigenvalue weighted by molar-refractivity contribution is 5.68. The van der Waals surface area contributed by atoms with Crippen molar-refractivity contribution in [3.05, 3.63) is 65.9 Å². The molecule has 2 heterocycles. The van der Waals surface area contributed by atoms with Gasteiger partial charge in [0.05, 0.1) is 12.3 Å². The number of nitrogens with one attached hydrogen (secondary N) is 1. The molecule has 0 bridgehead atoms. The first-order chi connectivity index (χ1) is 12.7. The van der Waals surface area contributed by atoms with E-state index in [1.54, 1.807) is 0 Å². The van der Waals surface area contributed by atoms with Crippen molar-refractivity contribution in [1.82, 2.24) is 9.97 Å². The van der Waals surface area contributed by atoms with Gasteiger partial charge in [-0.15, -0.1) is 0 Å². The van der Waals surface area contributed by atoms with E-state index in [2.05, 4.69) is 39.5 Å². The van der Waals surface area contributed by atoms with Gasteiger partial charge in [-0.25, -0.2) is 4.98 Å². The highest BCUT2D eigenvalue weighted by Crippen LogP contribution is 2.33. The molecule has 0 saturated heterocycles. The lowest BCUT2D eigenvalue weighted by atomic mass is 10.2. The van der Waals surface area contributed by atoms with Gasteiger partial charge in [-0.1, -0.05) is 30.3 Å². The second-order valence-corrected chi connectivity index (χ2v) is 6.28. The minimum atomic E-state index is 0.622. The number of fused-ring (bicyclic) bond motifs is 1. The van der Waals surface area contributed by atoms with Crippen LogP contribution in [0, 0.1) is 6.92 Å². The van der Waals surface area contributed by atoms with Gasteiger partial charge in [-0.05, 0) is 44.0 Å². The Labute approximate surface area is 153 Å². The molecule has 0 amide bonds. The van der Waals surface area contributed by atoms with Crippen LogP contribution in [0.3, 0.4) is 0 Å². The first-order valence-electron chi connectivity index (χ1n) is 8.94. The fourth-order valence-corrected chi connectivity index (χ4v) is 3.27. The number of ether oxygens (including phenoxy) is 1. The molecular weight excluding hydrogens is 324 g/mol. The Bertz CT molecular complexity index is 925. The smallest absolute Gasteiger partial charge is 0.232 e. The van der Waals surface area contributed by atoms with Gasteiger partial charge < -0.3 is 15.0 Å². The topological polar surface area (TPSA) is 50.3 Å². The molecule has 2 aromatic carbocycles. The molecule has 0 spiro atoms. The Morgan fingerprint density at radius 1 is 1.08 bits per heavy atom. The minimum Gasteiger partial charge on any atom is -0.492 e. The van der Waals surface area contributed by atoms with E-state index in [0.29, 0.717) is 6.61 Å². The van der Waals surface area contributed by atoms with Gasteiger partial charge in [0, 0.05) is 24.0 Å². The minimum absolute atomic E-state index is 0.622. The van der Waals surface area contributed by atoms with Crippen LogP contribution in [0.2, 0.25) is 0 Å². The zero-order valence-electron chi connectivity index (χ0n) is 15.1. The van der Waals surface area contributed by atoms with Crippen LogP contribution in [0.1, 0.15) is 18.2 Å². The average Bonchev–Trinajstić information content (AvgIpc) is 3.07. The van der Waals surface area contributed by atoms with Crippen LogP contribution in [0.4, 0.5) is 23.1 Å². The van der Waals surface area contributed by atoms with E-state index in [0.717, 1.165) is 41.9 Å². The van der Waals surface area contributed by atoms with Crippen molar-refractivity contribution in [2.75, 3.05) is 23.4 Å². The molecule has 26 heavy (non-hydrogen) atoms. The molecule has 0 fully saturated rings. The third kappa shape index (κ3) is 3.20. The molecule has 5 heteroatoms. The van der Waals surface area contributed by atoms with Gasteiger partial charge in [-0.2, -0.15) is 4.98 Å². The maximum absolute atomic E-state index is 5.70. The fourth-order valence-electron chi connectivity index (χ4n) is 3.27. The number of rotatable bonds is 5. The van der Waals surface area contributed by atoms with E-state index < -0.39 is 0 Å². The number of benzene rings is 2. The van der Waals surface area contributed by atoms with Crippen LogP contribution in [-0.4, -0.2) is 23.1 Å². The number of aromatic nitrogens is 2. The van der Waals surface area contributed by atoms with E-state index >= 15 is 0 Å². The summed E-state index contributed by atoms with van der Waals surface area (Å²) in [6, 6.07) is 18.3. The molecule has 4 rings (SSSR count). The van der Waals surface area contributed by atoms with Gasteiger partial charge in [0.15, 0.2) is 0 Å². The summed E-state index contributed by atoms with van der Waals surface area (Å²) in [5.41, 5.74) is 4.36. The lowest BCUT2D eigenvalue weighted by Gasteiger charge is -2.19. The normalized spacial score (nSPS) is 12.8. The zero-order chi connectivity index (χ0) is 17.9. The molecule has 0 atom stereocenters. The van der Waals surface area contributed by atoms with Gasteiger partial charge >= 0.3 is 0 Å². The third-order valence-corrected chi connectivity index (χ3v) is 4.42. The van der Waals surface area contributed by atoms with E-state index in [-0.39, 0.29) is 0 Å². The van der Waals surface area contributed by atoms with Crippen molar-refractivity contribution in [2.45, 2.75) is 20.3 Å². The predicted molar refractivity (Wildman–Crippen MR) is 105 cm³/mol. The van der Waals surface area contributed by atoms with Crippen molar-refractivity contribution in [3.63, 3.8) is 0 Å². The SMILES string of the molecule is CCOc1ccccc1Nc1cc(C)nc(N2CCc3ccccc32)n1. The molecule has 1 aliphatic heterocycles. The Morgan fingerprint density at radius 2 is 1.88 bits per heavy atom. The molecule has 0 unspecified atom stereocenters. The van der Waals surface area contributed by atoms with E-state index in [4.69, 9.17) is 9.72 Å². The fraction of sp³-hybridized carbons (Fsp3) is 0.238. The largest absolute Gasteiger partial charge is 0.492 e. The molecule has 5 nitrogen and oxygen atoms in total. The average molecular weight is 346 g/mol. The maximum Gasteiger partial charge on any atom is 0.232 e. The van der Waals surface area contributed by atoms with E-state index in [1.807, 2.05) is 44.2 Å².